The van der Waals surface area contributed by atoms with Crippen molar-refractivity contribution in [3.05, 3.63) is 200 Å². The lowest BCUT2D eigenvalue weighted by Gasteiger charge is -2.15. The van der Waals surface area contributed by atoms with Gasteiger partial charge in [0.25, 0.3) is 0 Å². The van der Waals surface area contributed by atoms with Crippen LogP contribution in [0.15, 0.2) is 200 Å². The zero-order valence-corrected chi connectivity index (χ0v) is 31.3. The second-order valence-electron chi connectivity index (χ2n) is 14.8. The van der Waals surface area contributed by atoms with Crippen LogP contribution in [0.25, 0.3) is 111 Å². The van der Waals surface area contributed by atoms with Gasteiger partial charge in [0.05, 0.1) is 27.8 Å². The molecule has 270 valence electrons. The predicted molar refractivity (Wildman–Crippen MR) is 240 cm³/mol. The maximum atomic E-state index is 5.02. The molecule has 58 heavy (non-hydrogen) atoms. The van der Waals surface area contributed by atoms with Crippen LogP contribution in [0.2, 0.25) is 0 Å². The second kappa shape index (κ2) is 12.8. The number of hydrogen-bond acceptors (Lipinski definition) is 3. The zero-order valence-electron chi connectivity index (χ0n) is 31.3. The first-order chi connectivity index (χ1) is 28.8. The molecule has 0 radical (unpaired) electrons. The summed E-state index contributed by atoms with van der Waals surface area (Å²) in [6.45, 7) is 0. The maximum Gasteiger partial charge on any atom is 0.164 e. The lowest BCUT2D eigenvalue weighted by molar-refractivity contribution is 1.07. The molecule has 0 atom stereocenters. The van der Waals surface area contributed by atoms with Crippen LogP contribution in [0.1, 0.15) is 0 Å². The van der Waals surface area contributed by atoms with Crippen LogP contribution in [0.3, 0.4) is 0 Å². The van der Waals surface area contributed by atoms with Crippen molar-refractivity contribution in [2.75, 3.05) is 0 Å². The Bertz CT molecular complexity index is 3490. The van der Waals surface area contributed by atoms with Crippen LogP contribution in [0.5, 0.6) is 0 Å². The fourth-order valence-electron chi connectivity index (χ4n) is 8.86. The molecule has 12 rings (SSSR count). The SMILES string of the molecule is c1ccc(-c2nc(-c3ccccc3)nc(-c3ccc(-n4c5cc6ccccc6cc5c5cccc(-n6c7ccccc7c7ccc8ccccc8c76)c54)cc3)n2)cc1. The predicted octanol–water partition coefficient (Wildman–Crippen LogP) is 13.4. The fraction of sp³-hybridized carbons (Fsp3) is 0. The van der Waals surface area contributed by atoms with Crippen LogP contribution in [-0.4, -0.2) is 24.1 Å². The molecule has 0 saturated heterocycles. The van der Waals surface area contributed by atoms with Gasteiger partial charge in [0.2, 0.25) is 0 Å². The third kappa shape index (κ3) is 5.00. The number of benzene rings is 9. The Morgan fingerprint density at radius 2 is 0.828 bits per heavy atom. The third-order valence-electron chi connectivity index (χ3n) is 11.5. The van der Waals surface area contributed by atoms with Gasteiger partial charge >= 0.3 is 0 Å². The van der Waals surface area contributed by atoms with Crippen molar-refractivity contribution in [1.29, 1.82) is 0 Å². The Morgan fingerprint density at radius 3 is 1.52 bits per heavy atom. The number of aromatic nitrogens is 5. The molecule has 5 heteroatoms. The van der Waals surface area contributed by atoms with Gasteiger partial charge in [0, 0.05) is 49.3 Å². The van der Waals surface area contributed by atoms with E-state index in [0.29, 0.717) is 17.5 Å². The van der Waals surface area contributed by atoms with Gasteiger partial charge in [0.1, 0.15) is 0 Å². The lowest BCUT2D eigenvalue weighted by Crippen LogP contribution is -2.02. The minimum atomic E-state index is 0.630. The average molecular weight is 740 g/mol. The van der Waals surface area contributed by atoms with E-state index in [0.717, 1.165) is 39.1 Å². The van der Waals surface area contributed by atoms with Crippen LogP contribution in [-0.2, 0) is 0 Å². The van der Waals surface area contributed by atoms with E-state index in [1.165, 1.54) is 54.1 Å². The molecule has 0 N–H and O–H groups in total. The van der Waals surface area contributed by atoms with Crippen molar-refractivity contribution < 1.29 is 0 Å². The normalized spacial score (nSPS) is 11.8. The molecule has 0 amide bonds. The molecule has 0 unspecified atom stereocenters. The van der Waals surface area contributed by atoms with Crippen LogP contribution in [0, 0.1) is 0 Å². The molecule has 0 spiro atoms. The second-order valence-corrected chi connectivity index (χ2v) is 14.8. The lowest BCUT2D eigenvalue weighted by atomic mass is 10.1. The first-order valence-electron chi connectivity index (χ1n) is 19.6. The van der Waals surface area contributed by atoms with Crippen molar-refractivity contribution in [2.24, 2.45) is 0 Å². The Hall–Kier alpha value is -7.89. The van der Waals surface area contributed by atoms with Crippen molar-refractivity contribution in [3.63, 3.8) is 0 Å². The standard InChI is InChI=1S/C53H33N5/c1-3-15-35(16-4-1)51-54-52(36-17-5-2-6-18-36)56-53(55-51)37-26-29-40(30-27-37)57-48-33-39-20-8-7-19-38(39)32-45(48)43-23-13-25-47(50(43)57)58-46-24-12-11-22-42(46)44-31-28-34-14-9-10-21-41(34)49(44)58/h1-33H. The summed E-state index contributed by atoms with van der Waals surface area (Å²) in [6, 6.07) is 71.1. The fourth-order valence-corrected chi connectivity index (χ4v) is 8.86. The quantitative estimate of drug-likeness (QED) is 0.177. The Labute approximate surface area is 333 Å². The summed E-state index contributed by atoms with van der Waals surface area (Å²) in [7, 11) is 0. The highest BCUT2D eigenvalue weighted by Gasteiger charge is 2.22. The first-order valence-corrected chi connectivity index (χ1v) is 19.6. The molecule has 12 aromatic rings. The molecule has 5 nitrogen and oxygen atoms in total. The van der Waals surface area contributed by atoms with Gasteiger partial charge in [-0.15, -0.1) is 0 Å². The summed E-state index contributed by atoms with van der Waals surface area (Å²) in [6.07, 6.45) is 0. The van der Waals surface area contributed by atoms with E-state index in [4.69, 9.17) is 15.0 Å². The van der Waals surface area contributed by atoms with Crippen LogP contribution >= 0.6 is 0 Å². The van der Waals surface area contributed by atoms with E-state index < -0.39 is 0 Å². The Balaban J connectivity index is 1.12. The molecule has 0 aliphatic rings. The number of rotatable bonds is 5. The minimum absolute atomic E-state index is 0.630. The summed E-state index contributed by atoms with van der Waals surface area (Å²) >= 11 is 0. The van der Waals surface area contributed by atoms with Crippen LogP contribution < -0.4 is 0 Å². The van der Waals surface area contributed by atoms with Crippen molar-refractivity contribution in [2.45, 2.75) is 0 Å². The molecular weight excluding hydrogens is 707 g/mol. The molecule has 0 fully saturated rings. The van der Waals surface area contributed by atoms with Gasteiger partial charge in [0.15, 0.2) is 17.5 Å². The topological polar surface area (TPSA) is 48.5 Å². The van der Waals surface area contributed by atoms with E-state index in [1.54, 1.807) is 0 Å². The van der Waals surface area contributed by atoms with Gasteiger partial charge in [-0.25, -0.2) is 15.0 Å². The number of para-hydroxylation sites is 2. The summed E-state index contributed by atoms with van der Waals surface area (Å²) in [5.74, 6) is 1.92. The largest absolute Gasteiger partial charge is 0.307 e. The van der Waals surface area contributed by atoms with E-state index in [9.17, 15) is 0 Å². The van der Waals surface area contributed by atoms with E-state index in [2.05, 4.69) is 149 Å². The van der Waals surface area contributed by atoms with Gasteiger partial charge in [-0.2, -0.15) is 0 Å². The summed E-state index contributed by atoms with van der Waals surface area (Å²) in [4.78, 5) is 15.0. The molecule has 0 aliphatic heterocycles. The maximum absolute atomic E-state index is 5.02. The van der Waals surface area contributed by atoms with E-state index in [1.807, 2.05) is 60.7 Å². The smallest absolute Gasteiger partial charge is 0.164 e. The highest BCUT2D eigenvalue weighted by Crippen LogP contribution is 2.42. The van der Waals surface area contributed by atoms with Gasteiger partial charge in [-0.1, -0.05) is 152 Å². The molecule has 0 saturated carbocycles. The average Bonchev–Trinajstić information content (AvgIpc) is 3.81. The molecule has 9 aromatic carbocycles. The minimum Gasteiger partial charge on any atom is -0.307 e. The van der Waals surface area contributed by atoms with Crippen molar-refractivity contribution in [3.8, 4) is 45.5 Å². The number of hydrogen-bond donors (Lipinski definition) is 0. The van der Waals surface area contributed by atoms with Crippen molar-refractivity contribution in [1.82, 2.24) is 24.1 Å². The Kier molecular flexibility index (Phi) is 7.16. The monoisotopic (exact) mass is 739 g/mol. The highest BCUT2D eigenvalue weighted by molar-refractivity contribution is 6.21. The van der Waals surface area contributed by atoms with Crippen molar-refractivity contribution >= 4 is 65.2 Å². The number of fused-ring (bicyclic) bond motifs is 9. The molecule has 3 heterocycles. The third-order valence-corrected chi connectivity index (χ3v) is 11.5. The summed E-state index contributed by atoms with van der Waals surface area (Å²) in [5, 5.41) is 9.76. The molecule has 0 aliphatic carbocycles. The zero-order chi connectivity index (χ0) is 38.2. The summed E-state index contributed by atoms with van der Waals surface area (Å²) in [5.41, 5.74) is 9.68. The number of nitrogens with zero attached hydrogens (tertiary/aromatic N) is 5. The Morgan fingerprint density at radius 1 is 0.293 bits per heavy atom. The molecular formula is C53H33N5. The van der Waals surface area contributed by atoms with E-state index >= 15 is 0 Å². The molecule has 3 aromatic heterocycles. The first kappa shape index (κ1) is 32.4. The summed E-state index contributed by atoms with van der Waals surface area (Å²) < 4.78 is 4.93. The van der Waals surface area contributed by atoms with E-state index in [-0.39, 0.29) is 0 Å². The molecule has 0 bridgehead atoms. The van der Waals surface area contributed by atoms with Gasteiger partial charge in [-0.3, -0.25) is 0 Å². The van der Waals surface area contributed by atoms with Gasteiger partial charge in [-0.05, 0) is 64.7 Å². The van der Waals surface area contributed by atoms with Crippen LogP contribution in [0.4, 0.5) is 0 Å². The highest BCUT2D eigenvalue weighted by atomic mass is 15.1. The van der Waals surface area contributed by atoms with Gasteiger partial charge < -0.3 is 9.13 Å².